The number of carbonyl (C=O) groups excluding carboxylic acids is 3. The summed E-state index contributed by atoms with van der Waals surface area (Å²) in [5.41, 5.74) is 2.73. The number of likely N-dealkylation sites (tertiary alicyclic amines) is 1. The standard InChI is InChI=1S/C28H32ClFN4O3/c1-17-16-33(18(2)19-5-7-20(30)8-6-19)11-12-34(17)27(36)22-13-21-23(15-31-25(21)14-24(22)29)26(35)28(37)32-9-3-4-10-32/h5-8,13-14,17-18,23,31H,3-4,9-12,15-16H2,1-2H3/t17-,18-,23?/m1/s1. The van der Waals surface area contributed by atoms with Gasteiger partial charge in [-0.1, -0.05) is 23.7 Å². The number of fused-ring (bicyclic) bond motifs is 1. The van der Waals surface area contributed by atoms with E-state index < -0.39 is 17.6 Å². The maximum Gasteiger partial charge on any atom is 0.290 e. The molecule has 0 bridgehead atoms. The van der Waals surface area contributed by atoms with Gasteiger partial charge in [-0.3, -0.25) is 19.3 Å². The van der Waals surface area contributed by atoms with Crippen LogP contribution in [0.4, 0.5) is 10.1 Å². The molecular formula is C28H32ClFN4O3. The van der Waals surface area contributed by atoms with Crippen LogP contribution in [0.3, 0.4) is 0 Å². The van der Waals surface area contributed by atoms with E-state index >= 15 is 0 Å². The normalized spacial score (nSPS) is 22.5. The highest BCUT2D eigenvalue weighted by atomic mass is 35.5. The van der Waals surface area contributed by atoms with Crippen molar-refractivity contribution < 1.29 is 18.8 Å². The summed E-state index contributed by atoms with van der Waals surface area (Å²) >= 11 is 6.55. The van der Waals surface area contributed by atoms with Crippen LogP contribution in [0, 0.1) is 5.82 Å². The first-order valence-electron chi connectivity index (χ1n) is 13.0. The van der Waals surface area contributed by atoms with Gasteiger partial charge in [0, 0.05) is 57.0 Å². The Hall–Kier alpha value is -2.97. The lowest BCUT2D eigenvalue weighted by atomic mass is 9.94. The van der Waals surface area contributed by atoms with Crippen LogP contribution in [0.2, 0.25) is 5.02 Å². The zero-order valence-electron chi connectivity index (χ0n) is 21.2. The number of benzene rings is 2. The van der Waals surface area contributed by atoms with Crippen molar-refractivity contribution >= 4 is 34.9 Å². The Kier molecular flexibility index (Phi) is 7.23. The van der Waals surface area contributed by atoms with Crippen LogP contribution in [0.15, 0.2) is 36.4 Å². The van der Waals surface area contributed by atoms with Crippen LogP contribution in [0.25, 0.3) is 0 Å². The second kappa shape index (κ2) is 10.4. The second-order valence-electron chi connectivity index (χ2n) is 10.3. The lowest BCUT2D eigenvalue weighted by molar-refractivity contribution is -0.144. The minimum Gasteiger partial charge on any atom is -0.384 e. The van der Waals surface area contributed by atoms with Crippen molar-refractivity contribution in [1.82, 2.24) is 14.7 Å². The first-order valence-corrected chi connectivity index (χ1v) is 13.3. The third-order valence-corrected chi connectivity index (χ3v) is 8.29. The predicted octanol–water partition coefficient (Wildman–Crippen LogP) is 4.09. The summed E-state index contributed by atoms with van der Waals surface area (Å²) in [6, 6.07) is 9.94. The average molecular weight is 527 g/mol. The lowest BCUT2D eigenvalue weighted by Gasteiger charge is -2.42. The molecule has 37 heavy (non-hydrogen) atoms. The molecule has 7 nitrogen and oxygen atoms in total. The fourth-order valence-corrected chi connectivity index (χ4v) is 5.97. The van der Waals surface area contributed by atoms with Crippen LogP contribution in [-0.4, -0.2) is 77.6 Å². The molecule has 3 atom stereocenters. The summed E-state index contributed by atoms with van der Waals surface area (Å²) in [5, 5.41) is 3.50. The Labute approximate surface area is 221 Å². The Bertz CT molecular complexity index is 1210. The number of anilines is 1. The molecule has 0 spiro atoms. The van der Waals surface area contributed by atoms with Gasteiger partial charge in [0.2, 0.25) is 5.78 Å². The van der Waals surface area contributed by atoms with Crippen molar-refractivity contribution in [3.05, 3.63) is 63.9 Å². The van der Waals surface area contributed by atoms with E-state index in [1.54, 1.807) is 29.2 Å². The lowest BCUT2D eigenvalue weighted by Crippen LogP contribution is -2.54. The molecular weight excluding hydrogens is 495 g/mol. The van der Waals surface area contributed by atoms with Gasteiger partial charge in [-0.05, 0) is 62.1 Å². The van der Waals surface area contributed by atoms with E-state index in [2.05, 4.69) is 17.1 Å². The highest BCUT2D eigenvalue weighted by Gasteiger charge is 2.38. The van der Waals surface area contributed by atoms with Crippen LogP contribution in [0.5, 0.6) is 0 Å². The quantitative estimate of drug-likeness (QED) is 0.594. The van der Waals surface area contributed by atoms with Crippen molar-refractivity contribution in [2.75, 3.05) is 44.6 Å². The average Bonchev–Trinajstić information content (AvgIpc) is 3.57. The van der Waals surface area contributed by atoms with Crippen LogP contribution < -0.4 is 5.32 Å². The second-order valence-corrected chi connectivity index (χ2v) is 10.7. The zero-order chi connectivity index (χ0) is 26.3. The molecule has 3 aliphatic rings. The topological polar surface area (TPSA) is 73.0 Å². The Balaban J connectivity index is 1.31. The summed E-state index contributed by atoms with van der Waals surface area (Å²) in [7, 11) is 0. The van der Waals surface area contributed by atoms with Crippen LogP contribution >= 0.6 is 11.6 Å². The molecule has 2 aromatic rings. The van der Waals surface area contributed by atoms with Gasteiger partial charge < -0.3 is 15.1 Å². The van der Waals surface area contributed by atoms with Crippen molar-refractivity contribution in [2.24, 2.45) is 0 Å². The smallest absolute Gasteiger partial charge is 0.290 e. The number of Topliss-reactive ketones (excluding diaryl/α,β-unsaturated/α-hetero) is 1. The Morgan fingerprint density at radius 3 is 2.43 bits per heavy atom. The number of carbonyl (C=O) groups is 3. The molecule has 0 aromatic heterocycles. The molecule has 2 fully saturated rings. The summed E-state index contributed by atoms with van der Waals surface area (Å²) in [6.07, 6.45) is 1.84. The van der Waals surface area contributed by atoms with E-state index in [1.165, 1.54) is 12.1 Å². The number of hydrogen-bond acceptors (Lipinski definition) is 5. The van der Waals surface area contributed by atoms with Crippen molar-refractivity contribution in [1.29, 1.82) is 0 Å². The van der Waals surface area contributed by atoms with E-state index in [-0.39, 0.29) is 23.8 Å². The minimum absolute atomic E-state index is 0.0687. The monoisotopic (exact) mass is 526 g/mol. The van der Waals surface area contributed by atoms with Crippen molar-refractivity contribution in [2.45, 2.75) is 44.7 Å². The van der Waals surface area contributed by atoms with Gasteiger partial charge in [0.05, 0.1) is 16.5 Å². The minimum atomic E-state index is -0.627. The molecule has 2 amide bonds. The molecule has 3 aliphatic heterocycles. The van der Waals surface area contributed by atoms with E-state index in [0.29, 0.717) is 61.1 Å². The number of halogens is 2. The Morgan fingerprint density at radius 2 is 1.76 bits per heavy atom. The van der Waals surface area contributed by atoms with Gasteiger partial charge >= 0.3 is 0 Å². The molecule has 0 aliphatic carbocycles. The summed E-state index contributed by atoms with van der Waals surface area (Å²) in [6.45, 7) is 7.50. The summed E-state index contributed by atoms with van der Waals surface area (Å²) in [4.78, 5) is 45.2. The number of nitrogens with one attached hydrogen (secondary N) is 1. The van der Waals surface area contributed by atoms with Gasteiger partial charge in [0.1, 0.15) is 5.82 Å². The molecule has 2 saturated heterocycles. The summed E-state index contributed by atoms with van der Waals surface area (Å²) in [5.74, 6) is -1.95. The van der Waals surface area contributed by atoms with E-state index in [9.17, 15) is 18.8 Å². The number of ketones is 1. The molecule has 2 aromatic carbocycles. The number of piperazine rings is 1. The first-order chi connectivity index (χ1) is 17.7. The molecule has 196 valence electrons. The van der Waals surface area contributed by atoms with Crippen molar-refractivity contribution in [3.63, 3.8) is 0 Å². The molecule has 0 radical (unpaired) electrons. The van der Waals surface area contributed by atoms with Gasteiger partial charge in [-0.25, -0.2) is 4.39 Å². The SMILES string of the molecule is C[C@H](c1ccc(F)cc1)N1CCN(C(=O)c2cc3c(cc2Cl)NCC3C(=O)C(=O)N2CCCC2)[C@H](C)C1. The maximum atomic E-state index is 13.6. The molecule has 1 unspecified atom stereocenters. The predicted molar refractivity (Wildman–Crippen MR) is 140 cm³/mol. The first kappa shape index (κ1) is 25.7. The number of nitrogens with zero attached hydrogens (tertiary/aromatic N) is 3. The van der Waals surface area contributed by atoms with E-state index in [1.807, 2.05) is 11.8 Å². The molecule has 0 saturated carbocycles. The largest absolute Gasteiger partial charge is 0.384 e. The van der Waals surface area contributed by atoms with Crippen molar-refractivity contribution in [3.8, 4) is 0 Å². The third kappa shape index (κ3) is 4.97. The number of amides is 2. The van der Waals surface area contributed by atoms with E-state index in [4.69, 9.17) is 11.6 Å². The van der Waals surface area contributed by atoms with E-state index in [0.717, 1.165) is 18.4 Å². The van der Waals surface area contributed by atoms with Crippen LogP contribution in [0.1, 0.15) is 60.1 Å². The molecule has 5 rings (SSSR count). The highest BCUT2D eigenvalue weighted by Crippen LogP contribution is 2.37. The van der Waals surface area contributed by atoms with Gasteiger partial charge in [-0.2, -0.15) is 0 Å². The molecule has 3 heterocycles. The highest BCUT2D eigenvalue weighted by molar-refractivity contribution is 6.39. The fraction of sp³-hybridized carbons (Fsp3) is 0.464. The number of rotatable bonds is 5. The molecule has 9 heteroatoms. The summed E-state index contributed by atoms with van der Waals surface area (Å²) < 4.78 is 13.3. The Morgan fingerprint density at radius 1 is 1.05 bits per heavy atom. The maximum absolute atomic E-state index is 13.6. The zero-order valence-corrected chi connectivity index (χ0v) is 21.9. The van der Waals surface area contributed by atoms with Crippen LogP contribution in [-0.2, 0) is 9.59 Å². The number of hydrogen-bond donors (Lipinski definition) is 1. The third-order valence-electron chi connectivity index (χ3n) is 7.98. The van der Waals surface area contributed by atoms with Gasteiger partial charge in [0.15, 0.2) is 0 Å². The van der Waals surface area contributed by atoms with Gasteiger partial charge in [-0.15, -0.1) is 0 Å². The van der Waals surface area contributed by atoms with Gasteiger partial charge in [0.25, 0.3) is 11.8 Å². The fourth-order valence-electron chi connectivity index (χ4n) is 5.72. The molecule has 1 N–H and O–H groups in total.